The van der Waals surface area contributed by atoms with Crippen molar-refractivity contribution in [3.8, 4) is 0 Å². The summed E-state index contributed by atoms with van der Waals surface area (Å²) in [6, 6.07) is 6.82. The summed E-state index contributed by atoms with van der Waals surface area (Å²) < 4.78 is 12.8. The maximum absolute atomic E-state index is 12.8. The summed E-state index contributed by atoms with van der Waals surface area (Å²) in [5.74, 6) is 0.511. The van der Waals surface area contributed by atoms with E-state index in [2.05, 4.69) is 24.8 Å². The molecule has 0 radical (unpaired) electrons. The quantitative estimate of drug-likeness (QED) is 0.721. The van der Waals surface area contributed by atoms with Gasteiger partial charge in [0.05, 0.1) is 0 Å². The highest BCUT2D eigenvalue weighted by atomic mass is 19.1. The monoisotopic (exact) mass is 233 g/mol. The SMILES string of the molecule is CC(C)C1=CCN(Cc2ccc(F)cc2)CC1. The first-order valence-electron chi connectivity index (χ1n) is 6.31. The standard InChI is InChI=1S/C15H20FN/c1-12(2)14-7-9-17(10-8-14)11-13-3-5-15(16)6-4-13/h3-7,12H,8-11H2,1-2H3. The zero-order valence-electron chi connectivity index (χ0n) is 10.6. The predicted molar refractivity (Wildman–Crippen MR) is 69.2 cm³/mol. The molecule has 0 amide bonds. The fourth-order valence-electron chi connectivity index (χ4n) is 2.24. The predicted octanol–water partition coefficient (Wildman–Crippen LogP) is 3.61. The zero-order chi connectivity index (χ0) is 12.3. The number of hydrogen-bond acceptors (Lipinski definition) is 1. The number of nitrogens with zero attached hydrogens (tertiary/aromatic N) is 1. The van der Waals surface area contributed by atoms with Crippen LogP contribution in [0.15, 0.2) is 35.9 Å². The van der Waals surface area contributed by atoms with Crippen molar-refractivity contribution < 1.29 is 4.39 Å². The molecular weight excluding hydrogens is 213 g/mol. The number of halogens is 1. The van der Waals surface area contributed by atoms with Crippen LogP contribution in [0.25, 0.3) is 0 Å². The lowest BCUT2D eigenvalue weighted by Gasteiger charge is -2.27. The third-order valence-electron chi connectivity index (χ3n) is 3.39. The maximum atomic E-state index is 12.8. The molecule has 17 heavy (non-hydrogen) atoms. The van der Waals surface area contributed by atoms with Crippen molar-refractivity contribution in [2.24, 2.45) is 5.92 Å². The van der Waals surface area contributed by atoms with Crippen LogP contribution in [0.5, 0.6) is 0 Å². The van der Waals surface area contributed by atoms with Crippen LogP contribution in [0, 0.1) is 11.7 Å². The molecule has 0 fully saturated rings. The lowest BCUT2D eigenvalue weighted by atomic mass is 9.97. The highest BCUT2D eigenvalue weighted by Crippen LogP contribution is 2.19. The molecule has 0 aliphatic carbocycles. The van der Waals surface area contributed by atoms with E-state index in [0.29, 0.717) is 5.92 Å². The van der Waals surface area contributed by atoms with Crippen molar-refractivity contribution in [2.45, 2.75) is 26.8 Å². The van der Waals surface area contributed by atoms with Gasteiger partial charge in [0.15, 0.2) is 0 Å². The van der Waals surface area contributed by atoms with E-state index in [1.54, 1.807) is 5.57 Å². The Balaban J connectivity index is 1.92. The minimum absolute atomic E-state index is 0.158. The highest BCUT2D eigenvalue weighted by Gasteiger charge is 2.13. The molecule has 0 saturated heterocycles. The molecule has 1 heterocycles. The van der Waals surface area contributed by atoms with E-state index < -0.39 is 0 Å². The van der Waals surface area contributed by atoms with Crippen LogP contribution in [0.3, 0.4) is 0 Å². The van der Waals surface area contributed by atoms with Gasteiger partial charge < -0.3 is 0 Å². The van der Waals surface area contributed by atoms with Crippen molar-refractivity contribution in [3.63, 3.8) is 0 Å². The average molecular weight is 233 g/mol. The van der Waals surface area contributed by atoms with E-state index in [9.17, 15) is 4.39 Å². The van der Waals surface area contributed by atoms with E-state index in [4.69, 9.17) is 0 Å². The van der Waals surface area contributed by atoms with Crippen LogP contribution in [-0.2, 0) is 6.54 Å². The molecule has 0 bridgehead atoms. The maximum Gasteiger partial charge on any atom is 0.123 e. The largest absolute Gasteiger partial charge is 0.295 e. The van der Waals surface area contributed by atoms with Gasteiger partial charge in [0.25, 0.3) is 0 Å². The van der Waals surface area contributed by atoms with Crippen molar-refractivity contribution in [3.05, 3.63) is 47.3 Å². The normalized spacial score (nSPS) is 17.3. The summed E-state index contributed by atoms with van der Waals surface area (Å²) >= 11 is 0. The molecule has 1 aliphatic rings. The first-order chi connectivity index (χ1) is 8.15. The second-order valence-corrected chi connectivity index (χ2v) is 5.05. The second kappa shape index (κ2) is 5.46. The van der Waals surface area contributed by atoms with E-state index >= 15 is 0 Å². The Hall–Kier alpha value is -1.15. The summed E-state index contributed by atoms with van der Waals surface area (Å²) in [6.45, 7) is 7.55. The van der Waals surface area contributed by atoms with E-state index in [-0.39, 0.29) is 5.82 Å². The van der Waals surface area contributed by atoms with Crippen molar-refractivity contribution in [2.75, 3.05) is 13.1 Å². The van der Waals surface area contributed by atoms with Gasteiger partial charge in [0.2, 0.25) is 0 Å². The van der Waals surface area contributed by atoms with Gasteiger partial charge in [-0.25, -0.2) is 4.39 Å². The second-order valence-electron chi connectivity index (χ2n) is 5.05. The van der Waals surface area contributed by atoms with Crippen LogP contribution in [-0.4, -0.2) is 18.0 Å². The first kappa shape index (κ1) is 12.3. The summed E-state index contributed by atoms with van der Waals surface area (Å²) in [5, 5.41) is 0. The van der Waals surface area contributed by atoms with Gasteiger partial charge in [0.1, 0.15) is 5.82 Å². The third kappa shape index (κ3) is 3.40. The Morgan fingerprint density at radius 1 is 1.24 bits per heavy atom. The van der Waals surface area contributed by atoms with Crippen LogP contribution < -0.4 is 0 Å². The molecule has 0 unspecified atom stereocenters. The van der Waals surface area contributed by atoms with Crippen molar-refractivity contribution >= 4 is 0 Å². The lowest BCUT2D eigenvalue weighted by Crippen LogP contribution is -2.29. The molecule has 1 aromatic rings. The summed E-state index contributed by atoms with van der Waals surface area (Å²) in [4.78, 5) is 2.40. The minimum Gasteiger partial charge on any atom is -0.295 e. The van der Waals surface area contributed by atoms with Gasteiger partial charge in [-0.1, -0.05) is 37.6 Å². The van der Waals surface area contributed by atoms with Gasteiger partial charge in [-0.3, -0.25) is 4.90 Å². The van der Waals surface area contributed by atoms with Crippen molar-refractivity contribution in [1.82, 2.24) is 4.90 Å². The van der Waals surface area contributed by atoms with Crippen LogP contribution >= 0.6 is 0 Å². The molecule has 0 atom stereocenters. The lowest BCUT2D eigenvalue weighted by molar-refractivity contribution is 0.281. The highest BCUT2D eigenvalue weighted by molar-refractivity contribution is 5.17. The third-order valence-corrected chi connectivity index (χ3v) is 3.39. The summed E-state index contributed by atoms with van der Waals surface area (Å²) in [6.07, 6.45) is 3.51. The fraction of sp³-hybridized carbons (Fsp3) is 0.467. The number of benzene rings is 1. The van der Waals surface area contributed by atoms with E-state index in [0.717, 1.165) is 19.6 Å². The molecule has 0 saturated carbocycles. The van der Waals surface area contributed by atoms with Gasteiger partial charge in [0, 0.05) is 19.6 Å². The molecule has 1 aliphatic heterocycles. The average Bonchev–Trinajstić information content (AvgIpc) is 2.33. The van der Waals surface area contributed by atoms with Gasteiger partial charge >= 0.3 is 0 Å². The zero-order valence-corrected chi connectivity index (χ0v) is 10.6. The van der Waals surface area contributed by atoms with Crippen LogP contribution in [0.1, 0.15) is 25.8 Å². The molecule has 1 aromatic carbocycles. The molecule has 2 heteroatoms. The Bertz CT molecular complexity index is 392. The fourth-order valence-corrected chi connectivity index (χ4v) is 2.24. The van der Waals surface area contributed by atoms with Gasteiger partial charge in [-0.05, 0) is 30.0 Å². The molecule has 0 aromatic heterocycles. The Labute approximate surface area is 103 Å². The van der Waals surface area contributed by atoms with Crippen molar-refractivity contribution in [1.29, 1.82) is 0 Å². The Morgan fingerprint density at radius 3 is 2.47 bits per heavy atom. The first-order valence-corrected chi connectivity index (χ1v) is 6.31. The Kier molecular flexibility index (Phi) is 3.95. The smallest absolute Gasteiger partial charge is 0.123 e. The number of rotatable bonds is 3. The summed E-state index contributed by atoms with van der Waals surface area (Å²) in [5.41, 5.74) is 2.76. The van der Waals surface area contributed by atoms with Gasteiger partial charge in [-0.2, -0.15) is 0 Å². The molecule has 0 N–H and O–H groups in total. The van der Waals surface area contributed by atoms with E-state index in [1.165, 1.54) is 24.1 Å². The Morgan fingerprint density at radius 2 is 1.94 bits per heavy atom. The van der Waals surface area contributed by atoms with Crippen LogP contribution in [0.2, 0.25) is 0 Å². The van der Waals surface area contributed by atoms with Crippen LogP contribution in [0.4, 0.5) is 4.39 Å². The molecule has 0 spiro atoms. The topological polar surface area (TPSA) is 3.24 Å². The molecule has 2 rings (SSSR count). The minimum atomic E-state index is -0.158. The molecule has 1 nitrogen and oxygen atoms in total. The van der Waals surface area contributed by atoms with Gasteiger partial charge in [-0.15, -0.1) is 0 Å². The molecular formula is C15H20FN. The number of hydrogen-bond donors (Lipinski definition) is 0. The molecule has 92 valence electrons. The van der Waals surface area contributed by atoms with E-state index in [1.807, 2.05) is 12.1 Å². The summed E-state index contributed by atoms with van der Waals surface area (Å²) in [7, 11) is 0.